The number of anilines is 1. The molecule has 0 atom stereocenters. The van der Waals surface area contributed by atoms with Gasteiger partial charge in [0.1, 0.15) is 11.6 Å². The van der Waals surface area contributed by atoms with Crippen molar-refractivity contribution in [1.29, 1.82) is 5.26 Å². The Morgan fingerprint density at radius 2 is 2.12 bits per heavy atom. The minimum absolute atomic E-state index is 0.0222. The normalized spacial score (nSPS) is 10.8. The Hall–Kier alpha value is -2.88. The Morgan fingerprint density at radius 3 is 2.71 bits per heavy atom. The number of hydrogen-bond donors (Lipinski definition) is 1. The van der Waals surface area contributed by atoms with E-state index in [1.54, 1.807) is 12.3 Å². The molecule has 1 amide bonds. The number of carbonyl (C=O) groups is 1. The highest BCUT2D eigenvalue weighted by Gasteiger charge is 2.13. The van der Waals surface area contributed by atoms with E-state index < -0.39 is 10.8 Å². The Balaban J connectivity index is 2.88. The van der Waals surface area contributed by atoms with Crippen LogP contribution in [-0.2, 0) is 4.79 Å². The lowest BCUT2D eigenvalue weighted by Gasteiger charge is -2.19. The quantitative estimate of drug-likeness (QED) is 0.323. The predicted molar refractivity (Wildman–Crippen MR) is 92.2 cm³/mol. The van der Waals surface area contributed by atoms with E-state index in [-0.39, 0.29) is 16.9 Å². The molecule has 0 saturated heterocycles. The van der Waals surface area contributed by atoms with E-state index >= 15 is 0 Å². The maximum atomic E-state index is 12.2. The van der Waals surface area contributed by atoms with Crippen LogP contribution < -0.4 is 5.32 Å². The van der Waals surface area contributed by atoms with Gasteiger partial charge in [0.05, 0.1) is 4.92 Å². The zero-order valence-corrected chi connectivity index (χ0v) is 14.0. The fourth-order valence-corrected chi connectivity index (χ4v) is 2.11. The van der Waals surface area contributed by atoms with Crippen molar-refractivity contribution in [1.82, 2.24) is 4.90 Å². The average Bonchev–Trinajstić information content (AvgIpc) is 2.57. The average molecular weight is 330 g/mol. The molecule has 128 valence electrons. The number of amides is 1. The van der Waals surface area contributed by atoms with Gasteiger partial charge in [-0.05, 0) is 18.9 Å². The molecule has 0 aliphatic carbocycles. The molecule has 0 aromatic heterocycles. The topological polar surface area (TPSA) is 99.3 Å². The Kier molecular flexibility index (Phi) is 7.99. The fourth-order valence-electron chi connectivity index (χ4n) is 2.11. The molecule has 0 heterocycles. The lowest BCUT2D eigenvalue weighted by atomic mass is 10.2. The first-order chi connectivity index (χ1) is 11.5. The number of nitrogens with zero attached hydrogens (tertiary/aromatic N) is 3. The van der Waals surface area contributed by atoms with Crippen molar-refractivity contribution < 1.29 is 9.72 Å². The summed E-state index contributed by atoms with van der Waals surface area (Å²) in [6, 6.07) is 7.52. The maximum Gasteiger partial charge on any atom is 0.271 e. The van der Waals surface area contributed by atoms with Crippen LogP contribution in [0.4, 0.5) is 11.4 Å². The van der Waals surface area contributed by atoms with Crippen LogP contribution in [0.2, 0.25) is 0 Å². The van der Waals surface area contributed by atoms with E-state index in [9.17, 15) is 20.2 Å². The highest BCUT2D eigenvalue weighted by atomic mass is 16.6. The molecule has 7 heteroatoms. The number of carbonyl (C=O) groups excluding carboxylic acids is 1. The molecule has 0 fully saturated rings. The molecule has 1 aromatic rings. The van der Waals surface area contributed by atoms with Gasteiger partial charge in [0.2, 0.25) is 0 Å². The molecule has 1 aromatic carbocycles. The summed E-state index contributed by atoms with van der Waals surface area (Å²) in [6.07, 6.45) is 4.47. The summed E-state index contributed by atoms with van der Waals surface area (Å²) in [5.41, 5.74) is 0.142. The fraction of sp³-hybridized carbons (Fsp3) is 0.412. The van der Waals surface area contributed by atoms with Crippen molar-refractivity contribution >= 4 is 17.3 Å². The minimum Gasteiger partial charge on any atom is -0.376 e. The van der Waals surface area contributed by atoms with Gasteiger partial charge in [0.25, 0.3) is 11.6 Å². The molecule has 7 nitrogen and oxygen atoms in total. The molecule has 0 spiro atoms. The van der Waals surface area contributed by atoms with Crippen molar-refractivity contribution in [3.05, 3.63) is 46.2 Å². The van der Waals surface area contributed by atoms with Crippen LogP contribution in [0.5, 0.6) is 0 Å². The van der Waals surface area contributed by atoms with Gasteiger partial charge in [-0.15, -0.1) is 0 Å². The number of hydrogen-bond acceptors (Lipinski definition) is 5. The number of nitrogens with one attached hydrogen (secondary N) is 1. The predicted octanol–water partition coefficient (Wildman–Crippen LogP) is 3.45. The van der Waals surface area contributed by atoms with Gasteiger partial charge in [-0.3, -0.25) is 14.9 Å². The molecule has 1 rings (SSSR count). The third-order valence-corrected chi connectivity index (χ3v) is 3.30. The van der Waals surface area contributed by atoms with Crippen LogP contribution in [0.15, 0.2) is 36.0 Å². The van der Waals surface area contributed by atoms with Crippen LogP contribution in [0.25, 0.3) is 0 Å². The summed E-state index contributed by atoms with van der Waals surface area (Å²) in [5.74, 6) is -0.574. The molecule has 0 unspecified atom stereocenters. The number of rotatable bonds is 9. The van der Waals surface area contributed by atoms with E-state index in [0.717, 1.165) is 32.4 Å². The second-order valence-electron chi connectivity index (χ2n) is 5.31. The minimum atomic E-state index is -0.574. The summed E-state index contributed by atoms with van der Waals surface area (Å²) in [6.45, 7) is 5.64. The number of non-ortho nitro benzene ring substituents is 1. The first-order valence-electron chi connectivity index (χ1n) is 7.93. The van der Waals surface area contributed by atoms with E-state index in [2.05, 4.69) is 12.2 Å². The number of benzene rings is 1. The smallest absolute Gasteiger partial charge is 0.271 e. The molecule has 0 radical (unpaired) electrons. The largest absolute Gasteiger partial charge is 0.376 e. The van der Waals surface area contributed by atoms with Gasteiger partial charge in [-0.2, -0.15) is 5.26 Å². The van der Waals surface area contributed by atoms with Crippen LogP contribution in [-0.4, -0.2) is 28.8 Å². The molecule has 24 heavy (non-hydrogen) atoms. The number of nitro benzene ring substituents is 1. The summed E-state index contributed by atoms with van der Waals surface area (Å²) >= 11 is 0. The Labute approximate surface area is 141 Å². The molecule has 0 bridgehead atoms. The van der Waals surface area contributed by atoms with E-state index in [0.29, 0.717) is 0 Å². The van der Waals surface area contributed by atoms with Gasteiger partial charge >= 0.3 is 0 Å². The van der Waals surface area contributed by atoms with Gasteiger partial charge in [-0.25, -0.2) is 0 Å². The van der Waals surface area contributed by atoms with Crippen LogP contribution in [0, 0.1) is 21.4 Å². The van der Waals surface area contributed by atoms with Gasteiger partial charge < -0.3 is 10.2 Å². The second kappa shape index (κ2) is 10.0. The van der Waals surface area contributed by atoms with Crippen molar-refractivity contribution in [2.75, 3.05) is 18.4 Å². The van der Waals surface area contributed by atoms with Gasteiger partial charge in [0.15, 0.2) is 0 Å². The number of nitro groups is 1. The highest BCUT2D eigenvalue weighted by Crippen LogP contribution is 2.17. The van der Waals surface area contributed by atoms with E-state index in [1.165, 1.54) is 18.2 Å². The summed E-state index contributed by atoms with van der Waals surface area (Å²) in [5, 5.41) is 22.5. The third kappa shape index (κ3) is 6.08. The number of nitriles is 1. The molecule has 0 aliphatic rings. The third-order valence-electron chi connectivity index (χ3n) is 3.30. The lowest BCUT2D eigenvalue weighted by molar-refractivity contribution is -0.384. The summed E-state index contributed by atoms with van der Waals surface area (Å²) in [7, 11) is 0. The van der Waals surface area contributed by atoms with E-state index in [4.69, 9.17) is 0 Å². The van der Waals surface area contributed by atoms with Crippen molar-refractivity contribution in [2.45, 2.75) is 33.1 Å². The zero-order valence-electron chi connectivity index (χ0n) is 14.0. The van der Waals surface area contributed by atoms with Crippen LogP contribution >= 0.6 is 0 Å². The summed E-state index contributed by atoms with van der Waals surface area (Å²) < 4.78 is 0. The number of unbranched alkanes of at least 4 members (excludes halogenated alkanes) is 1. The standard InChI is InChI=1S/C17H22N4O3/c1-3-5-10-20(9-4-2)13-14(12-18)17(22)19-15-7-6-8-16(11-15)21(23)24/h6-8,11,13H,3-5,9-10H2,1-2H3,(H,19,22)/b14-13-. The van der Waals surface area contributed by atoms with Crippen molar-refractivity contribution in [3.8, 4) is 6.07 Å². The first-order valence-corrected chi connectivity index (χ1v) is 7.93. The molecule has 1 N–H and O–H groups in total. The molecule has 0 saturated carbocycles. The molecular weight excluding hydrogens is 308 g/mol. The molecular formula is C17H22N4O3. The van der Waals surface area contributed by atoms with Crippen molar-refractivity contribution in [2.24, 2.45) is 0 Å². The van der Waals surface area contributed by atoms with Crippen LogP contribution in [0.1, 0.15) is 33.1 Å². The highest BCUT2D eigenvalue weighted by molar-refractivity contribution is 6.06. The monoisotopic (exact) mass is 330 g/mol. The van der Waals surface area contributed by atoms with Gasteiger partial charge in [0, 0.05) is 37.1 Å². The Bertz CT molecular complexity index is 649. The van der Waals surface area contributed by atoms with Gasteiger partial charge in [-0.1, -0.05) is 26.3 Å². The van der Waals surface area contributed by atoms with Crippen molar-refractivity contribution in [3.63, 3.8) is 0 Å². The first kappa shape index (κ1) is 19.2. The molecule has 0 aliphatic heterocycles. The van der Waals surface area contributed by atoms with E-state index in [1.807, 2.05) is 17.9 Å². The summed E-state index contributed by atoms with van der Waals surface area (Å²) in [4.78, 5) is 24.4. The zero-order chi connectivity index (χ0) is 17.9. The lowest BCUT2D eigenvalue weighted by Crippen LogP contribution is -2.23. The SMILES string of the molecule is CCCCN(/C=C(/C#N)C(=O)Nc1cccc([N+](=O)[O-])c1)CCC. The van der Waals surface area contributed by atoms with Crippen LogP contribution in [0.3, 0.4) is 0 Å². The Morgan fingerprint density at radius 1 is 1.38 bits per heavy atom. The second-order valence-corrected chi connectivity index (χ2v) is 5.31. The maximum absolute atomic E-state index is 12.2.